The number of likely N-dealkylation sites (N-methyl/N-ethyl adjacent to an activating group) is 1. The number of carbonyl (C=O) groups is 2. The topological polar surface area (TPSA) is 61.4 Å². The summed E-state index contributed by atoms with van der Waals surface area (Å²) in [7, 11) is 1.75. The lowest BCUT2D eigenvalue weighted by molar-refractivity contribution is -0.145. The second-order valence-corrected chi connectivity index (χ2v) is 7.31. The molecule has 2 fully saturated rings. The van der Waals surface area contributed by atoms with Gasteiger partial charge in [-0.05, 0) is 44.4 Å². The van der Waals surface area contributed by atoms with Gasteiger partial charge in [0.25, 0.3) is 0 Å². The van der Waals surface area contributed by atoms with Crippen molar-refractivity contribution >= 4 is 17.5 Å². The Hall–Kier alpha value is -1.88. The van der Waals surface area contributed by atoms with E-state index in [-0.39, 0.29) is 23.8 Å². The Morgan fingerprint density at radius 2 is 2.04 bits per heavy atom. The van der Waals surface area contributed by atoms with Gasteiger partial charge in [0, 0.05) is 19.3 Å². The van der Waals surface area contributed by atoms with Gasteiger partial charge in [-0.25, -0.2) is 0 Å². The molecule has 1 heterocycles. The van der Waals surface area contributed by atoms with Gasteiger partial charge in [-0.2, -0.15) is 0 Å². The van der Waals surface area contributed by atoms with E-state index in [2.05, 4.69) is 10.6 Å². The minimum atomic E-state index is -0.295. The molecule has 2 amide bonds. The molecule has 1 aliphatic carbocycles. The first-order valence-corrected chi connectivity index (χ1v) is 8.84. The third-order valence-corrected chi connectivity index (χ3v) is 5.53. The third-order valence-electron chi connectivity index (χ3n) is 5.53. The second kappa shape index (κ2) is 6.93. The zero-order valence-corrected chi connectivity index (χ0v) is 14.6. The molecule has 0 unspecified atom stereocenters. The third kappa shape index (κ3) is 3.31. The van der Waals surface area contributed by atoms with Gasteiger partial charge in [-0.15, -0.1) is 0 Å². The number of carbonyl (C=O) groups excluding carboxylic acids is 2. The molecule has 1 saturated carbocycles. The summed E-state index contributed by atoms with van der Waals surface area (Å²) in [5, 5.41) is 6.26. The first-order valence-electron chi connectivity index (χ1n) is 8.84. The predicted octanol–water partition coefficient (Wildman–Crippen LogP) is 2.17. The van der Waals surface area contributed by atoms with E-state index in [0.717, 1.165) is 43.6 Å². The molecule has 1 aliphatic heterocycles. The molecular formula is C19H27N3O2. The van der Waals surface area contributed by atoms with E-state index in [1.54, 1.807) is 11.9 Å². The Morgan fingerprint density at radius 1 is 1.29 bits per heavy atom. The number of anilines is 1. The number of rotatable bonds is 4. The van der Waals surface area contributed by atoms with Crippen LogP contribution in [0.3, 0.4) is 0 Å². The molecule has 130 valence electrons. The van der Waals surface area contributed by atoms with Crippen LogP contribution in [-0.2, 0) is 9.59 Å². The van der Waals surface area contributed by atoms with Crippen LogP contribution in [0.1, 0.15) is 31.2 Å². The van der Waals surface area contributed by atoms with Gasteiger partial charge in [0.1, 0.15) is 0 Å². The lowest BCUT2D eigenvalue weighted by Gasteiger charge is -2.39. The average Bonchev–Trinajstić information content (AvgIpc) is 3.01. The van der Waals surface area contributed by atoms with Crippen molar-refractivity contribution in [3.05, 3.63) is 29.8 Å². The first-order chi connectivity index (χ1) is 11.5. The number of aryl methyl sites for hydroxylation is 1. The smallest absolute Gasteiger partial charge is 0.243 e. The van der Waals surface area contributed by atoms with Crippen LogP contribution in [-0.4, -0.2) is 43.4 Å². The highest BCUT2D eigenvalue weighted by Crippen LogP contribution is 2.44. The Bertz CT molecular complexity index is 614. The van der Waals surface area contributed by atoms with Gasteiger partial charge in [0.05, 0.1) is 12.0 Å². The van der Waals surface area contributed by atoms with Gasteiger partial charge in [-0.3, -0.25) is 9.59 Å². The highest BCUT2D eigenvalue weighted by Gasteiger charge is 2.50. The number of amides is 2. The molecule has 5 heteroatoms. The molecular weight excluding hydrogens is 302 g/mol. The van der Waals surface area contributed by atoms with Crippen molar-refractivity contribution in [3.63, 3.8) is 0 Å². The average molecular weight is 329 g/mol. The van der Waals surface area contributed by atoms with Crippen molar-refractivity contribution in [2.45, 2.75) is 32.6 Å². The molecule has 5 nitrogen and oxygen atoms in total. The summed E-state index contributed by atoms with van der Waals surface area (Å²) in [5.74, 6) is 0.391. The van der Waals surface area contributed by atoms with Gasteiger partial charge in [0.2, 0.25) is 11.8 Å². The lowest BCUT2D eigenvalue weighted by Crippen LogP contribution is -2.50. The maximum Gasteiger partial charge on any atom is 0.243 e. The Labute approximate surface area is 143 Å². The van der Waals surface area contributed by atoms with Crippen LogP contribution in [0.25, 0.3) is 0 Å². The normalized spacial score (nSPS) is 25.8. The van der Waals surface area contributed by atoms with Crippen LogP contribution in [0.4, 0.5) is 5.69 Å². The summed E-state index contributed by atoms with van der Waals surface area (Å²) in [6, 6.07) is 7.68. The van der Waals surface area contributed by atoms with Crippen LogP contribution in [0.5, 0.6) is 0 Å². The standard InChI is InChI=1S/C19H27N3O2/c1-14-6-8-16(9-7-14)21-17(23)12-22(2)18(24)19-10-4-3-5-15(19)11-20-13-19/h6-9,15,20H,3-5,10-13H2,1-2H3,(H,21,23)/t15-,19+/m0/s1. The largest absolute Gasteiger partial charge is 0.336 e. The molecule has 0 aromatic heterocycles. The van der Waals surface area contributed by atoms with Crippen molar-refractivity contribution in [3.8, 4) is 0 Å². The van der Waals surface area contributed by atoms with Crippen molar-refractivity contribution < 1.29 is 9.59 Å². The first kappa shape index (κ1) is 17.0. The van der Waals surface area contributed by atoms with Crippen LogP contribution < -0.4 is 10.6 Å². The van der Waals surface area contributed by atoms with Crippen molar-refractivity contribution in [1.29, 1.82) is 0 Å². The highest BCUT2D eigenvalue weighted by molar-refractivity contribution is 5.95. The minimum absolute atomic E-state index is 0.0984. The summed E-state index contributed by atoms with van der Waals surface area (Å²) in [4.78, 5) is 26.9. The van der Waals surface area contributed by atoms with Crippen LogP contribution >= 0.6 is 0 Å². The SMILES string of the molecule is Cc1ccc(NC(=O)CN(C)C(=O)[C@@]23CCCC[C@H]2CNC3)cc1. The maximum absolute atomic E-state index is 13.0. The highest BCUT2D eigenvalue weighted by atomic mass is 16.2. The number of nitrogens with zero attached hydrogens (tertiary/aromatic N) is 1. The number of benzene rings is 1. The zero-order chi connectivity index (χ0) is 17.2. The molecule has 2 N–H and O–H groups in total. The van der Waals surface area contributed by atoms with E-state index in [0.29, 0.717) is 5.92 Å². The molecule has 24 heavy (non-hydrogen) atoms. The number of hydrogen-bond donors (Lipinski definition) is 2. The van der Waals surface area contributed by atoms with Crippen LogP contribution in [0.2, 0.25) is 0 Å². The lowest BCUT2D eigenvalue weighted by atomic mass is 9.67. The quantitative estimate of drug-likeness (QED) is 0.890. The molecule has 1 aromatic rings. The van der Waals surface area contributed by atoms with E-state index in [4.69, 9.17) is 0 Å². The van der Waals surface area contributed by atoms with Crippen LogP contribution in [0.15, 0.2) is 24.3 Å². The zero-order valence-electron chi connectivity index (χ0n) is 14.6. The van der Waals surface area contributed by atoms with E-state index in [9.17, 15) is 9.59 Å². The van der Waals surface area contributed by atoms with E-state index >= 15 is 0 Å². The molecule has 1 aromatic carbocycles. The summed E-state index contributed by atoms with van der Waals surface area (Å²) < 4.78 is 0. The van der Waals surface area contributed by atoms with Crippen molar-refractivity contribution in [1.82, 2.24) is 10.2 Å². The summed E-state index contributed by atoms with van der Waals surface area (Å²) in [6.07, 6.45) is 4.36. The molecule has 0 radical (unpaired) electrons. The summed E-state index contributed by atoms with van der Waals surface area (Å²) in [5.41, 5.74) is 1.62. The van der Waals surface area contributed by atoms with E-state index in [1.807, 2.05) is 31.2 Å². The summed E-state index contributed by atoms with van der Waals surface area (Å²) in [6.45, 7) is 3.78. The van der Waals surface area contributed by atoms with Gasteiger partial charge in [-0.1, -0.05) is 30.5 Å². The molecule has 0 spiro atoms. The molecule has 2 aliphatic rings. The fourth-order valence-corrected chi connectivity index (χ4v) is 4.17. The minimum Gasteiger partial charge on any atom is -0.336 e. The monoisotopic (exact) mass is 329 g/mol. The summed E-state index contributed by atoms with van der Waals surface area (Å²) >= 11 is 0. The maximum atomic E-state index is 13.0. The molecule has 0 bridgehead atoms. The molecule has 1 saturated heterocycles. The number of nitrogens with one attached hydrogen (secondary N) is 2. The van der Waals surface area contributed by atoms with E-state index in [1.165, 1.54) is 6.42 Å². The van der Waals surface area contributed by atoms with Crippen molar-refractivity contribution in [2.75, 3.05) is 32.0 Å². The van der Waals surface area contributed by atoms with Crippen LogP contribution in [0, 0.1) is 18.3 Å². The van der Waals surface area contributed by atoms with E-state index < -0.39 is 0 Å². The van der Waals surface area contributed by atoms with Crippen molar-refractivity contribution in [2.24, 2.45) is 11.3 Å². The Morgan fingerprint density at radius 3 is 2.79 bits per heavy atom. The molecule has 3 rings (SSSR count). The van der Waals surface area contributed by atoms with Gasteiger partial charge >= 0.3 is 0 Å². The fourth-order valence-electron chi connectivity index (χ4n) is 4.17. The molecule has 2 atom stereocenters. The Balaban J connectivity index is 1.61. The number of hydrogen-bond acceptors (Lipinski definition) is 3. The van der Waals surface area contributed by atoms with Gasteiger partial charge < -0.3 is 15.5 Å². The van der Waals surface area contributed by atoms with Gasteiger partial charge in [0.15, 0.2) is 0 Å². The fraction of sp³-hybridized carbons (Fsp3) is 0.579. The number of fused-ring (bicyclic) bond motifs is 1. The Kier molecular flexibility index (Phi) is 4.90. The second-order valence-electron chi connectivity index (χ2n) is 7.31. The predicted molar refractivity (Wildman–Crippen MR) is 94.7 cm³/mol.